The quantitative estimate of drug-likeness (QED) is 0.649. The molecule has 0 radical (unpaired) electrons. The molecule has 3 rings (SSSR count). The monoisotopic (exact) mass is 392 g/mol. The Labute approximate surface area is 135 Å². The van der Waals surface area contributed by atoms with Gasteiger partial charge in [-0.25, -0.2) is 0 Å². The van der Waals surface area contributed by atoms with Crippen molar-refractivity contribution in [3.63, 3.8) is 0 Å². The molecule has 102 valence electrons. The topological polar surface area (TPSA) is 17.1 Å². The summed E-state index contributed by atoms with van der Waals surface area (Å²) in [6.45, 7) is 0. The van der Waals surface area contributed by atoms with E-state index >= 15 is 0 Å². The molecule has 0 saturated carbocycles. The van der Waals surface area contributed by atoms with Crippen molar-refractivity contribution < 1.29 is 4.79 Å². The average molecular weight is 394 g/mol. The van der Waals surface area contributed by atoms with Gasteiger partial charge in [0.2, 0.25) is 0 Å². The summed E-state index contributed by atoms with van der Waals surface area (Å²) < 4.78 is -0.567. The summed E-state index contributed by atoms with van der Waals surface area (Å²) in [5.41, 5.74) is 3.12. The lowest BCUT2D eigenvalue weighted by atomic mass is 9.79. The Morgan fingerprint density at radius 3 is 2.40 bits per heavy atom. The molecule has 2 atom stereocenters. The second kappa shape index (κ2) is 5.45. The Kier molecular flexibility index (Phi) is 3.83. The Balaban J connectivity index is 2.00. The highest BCUT2D eigenvalue weighted by molar-refractivity contribution is 9.12. The zero-order valence-electron chi connectivity index (χ0n) is 10.9. The third-order valence-corrected chi connectivity index (χ3v) is 7.03. The third kappa shape index (κ3) is 2.27. The fourth-order valence-corrected chi connectivity index (χ4v) is 4.16. The van der Waals surface area contributed by atoms with Gasteiger partial charge >= 0.3 is 0 Å². The molecule has 0 amide bonds. The minimum Gasteiger partial charge on any atom is -0.293 e. The molecule has 0 bridgehead atoms. The summed E-state index contributed by atoms with van der Waals surface area (Å²) in [4.78, 5) is 12.8. The van der Waals surface area contributed by atoms with Gasteiger partial charge in [0.25, 0.3) is 0 Å². The molecule has 1 aliphatic carbocycles. The highest BCUT2D eigenvalue weighted by Crippen LogP contribution is 2.48. The Morgan fingerprint density at radius 2 is 1.65 bits per heavy atom. The van der Waals surface area contributed by atoms with Crippen LogP contribution in [0.1, 0.15) is 32.7 Å². The predicted molar refractivity (Wildman–Crippen MR) is 88.9 cm³/mol. The summed E-state index contributed by atoms with van der Waals surface area (Å²) in [5, 5.41) is 0. The molecule has 0 saturated heterocycles. The van der Waals surface area contributed by atoms with Gasteiger partial charge in [0.05, 0.1) is 4.83 Å². The van der Waals surface area contributed by atoms with Crippen LogP contribution in [0, 0.1) is 0 Å². The number of halogens is 2. The molecule has 1 nitrogen and oxygen atoms in total. The van der Waals surface area contributed by atoms with E-state index in [0.717, 1.165) is 29.5 Å². The van der Waals surface area contributed by atoms with Crippen LogP contribution in [0.5, 0.6) is 0 Å². The molecule has 0 aromatic heterocycles. The van der Waals surface area contributed by atoms with E-state index in [1.807, 2.05) is 42.5 Å². The molecule has 0 unspecified atom stereocenters. The summed E-state index contributed by atoms with van der Waals surface area (Å²) in [5.74, 6) is 0.171. The molecular weight excluding hydrogens is 380 g/mol. The molecule has 1 aliphatic rings. The van der Waals surface area contributed by atoms with E-state index in [1.165, 1.54) is 0 Å². The van der Waals surface area contributed by atoms with Gasteiger partial charge < -0.3 is 0 Å². The number of fused-ring (bicyclic) bond motifs is 1. The number of alkyl halides is 2. The molecule has 2 aromatic carbocycles. The van der Waals surface area contributed by atoms with Crippen LogP contribution in [0.15, 0.2) is 54.6 Å². The van der Waals surface area contributed by atoms with E-state index in [4.69, 9.17) is 0 Å². The van der Waals surface area contributed by atoms with Crippen molar-refractivity contribution in [3.8, 4) is 0 Å². The van der Waals surface area contributed by atoms with Crippen LogP contribution in [0.4, 0.5) is 0 Å². The van der Waals surface area contributed by atoms with Crippen molar-refractivity contribution in [2.75, 3.05) is 0 Å². The molecule has 0 spiro atoms. The summed E-state index contributed by atoms with van der Waals surface area (Å²) >= 11 is 7.47. The first-order chi connectivity index (χ1) is 9.63. The zero-order chi connectivity index (χ0) is 14.2. The van der Waals surface area contributed by atoms with Gasteiger partial charge in [0.1, 0.15) is 4.32 Å². The number of carbonyl (C=O) groups is 1. The molecular formula is C17H14Br2O. The molecule has 0 fully saturated rings. The molecule has 0 N–H and O–H groups in total. The zero-order valence-corrected chi connectivity index (χ0v) is 14.0. The Hall–Kier alpha value is -0.930. The maximum Gasteiger partial charge on any atom is 0.181 e. The van der Waals surface area contributed by atoms with E-state index in [0.29, 0.717) is 0 Å². The largest absolute Gasteiger partial charge is 0.293 e. The molecule has 3 heteroatoms. The van der Waals surface area contributed by atoms with E-state index in [2.05, 4.69) is 44.0 Å². The van der Waals surface area contributed by atoms with Gasteiger partial charge in [-0.05, 0) is 24.0 Å². The first-order valence-corrected chi connectivity index (χ1v) is 8.34. The normalized spacial score (nSPS) is 23.2. The number of hydrogen-bond acceptors (Lipinski definition) is 1. The van der Waals surface area contributed by atoms with Crippen molar-refractivity contribution in [3.05, 3.63) is 71.3 Å². The standard InChI is InChI=1S/C17H14Br2O/c18-15(13-7-2-1-3-8-13)17(19)11-10-12-6-4-5-9-14(12)16(17)20/h1-9,15H,10-11H2/t15-,17+/m0/s1. The highest BCUT2D eigenvalue weighted by Gasteiger charge is 2.45. The van der Waals surface area contributed by atoms with Crippen LogP contribution >= 0.6 is 31.9 Å². The van der Waals surface area contributed by atoms with Crippen molar-refractivity contribution in [2.24, 2.45) is 0 Å². The van der Waals surface area contributed by atoms with Crippen molar-refractivity contribution in [2.45, 2.75) is 22.0 Å². The number of ketones is 1. The smallest absolute Gasteiger partial charge is 0.181 e. The number of Topliss-reactive ketones (excluding diaryl/α,β-unsaturated/α-hetero) is 1. The van der Waals surface area contributed by atoms with Crippen LogP contribution in [0.3, 0.4) is 0 Å². The maximum absolute atomic E-state index is 12.9. The van der Waals surface area contributed by atoms with Gasteiger partial charge in [-0.2, -0.15) is 0 Å². The Morgan fingerprint density at radius 1 is 1.00 bits per heavy atom. The summed E-state index contributed by atoms with van der Waals surface area (Å²) in [6, 6.07) is 18.0. The van der Waals surface area contributed by atoms with E-state index in [1.54, 1.807) is 0 Å². The fourth-order valence-electron chi connectivity index (χ4n) is 2.74. The van der Waals surface area contributed by atoms with Gasteiger partial charge in [-0.15, -0.1) is 0 Å². The first-order valence-electron chi connectivity index (χ1n) is 6.63. The van der Waals surface area contributed by atoms with E-state index < -0.39 is 4.32 Å². The number of hydrogen-bond donors (Lipinski definition) is 0. The van der Waals surface area contributed by atoms with Crippen molar-refractivity contribution in [1.29, 1.82) is 0 Å². The third-order valence-electron chi connectivity index (χ3n) is 3.89. The van der Waals surface area contributed by atoms with E-state index in [-0.39, 0.29) is 10.6 Å². The van der Waals surface area contributed by atoms with E-state index in [9.17, 15) is 4.79 Å². The van der Waals surface area contributed by atoms with Crippen LogP contribution < -0.4 is 0 Å². The highest BCUT2D eigenvalue weighted by atomic mass is 79.9. The molecule has 0 aliphatic heterocycles. The summed E-state index contributed by atoms with van der Waals surface area (Å²) in [7, 11) is 0. The maximum atomic E-state index is 12.9. The molecule has 2 aromatic rings. The van der Waals surface area contributed by atoms with Crippen LogP contribution in [0.25, 0.3) is 0 Å². The number of benzene rings is 2. The number of carbonyl (C=O) groups excluding carboxylic acids is 1. The van der Waals surface area contributed by atoms with Gasteiger partial charge in [-0.3, -0.25) is 4.79 Å². The lowest BCUT2D eigenvalue weighted by Gasteiger charge is -2.35. The van der Waals surface area contributed by atoms with Crippen molar-refractivity contribution in [1.82, 2.24) is 0 Å². The second-order valence-corrected chi connectivity index (χ2v) is 7.45. The number of aryl methyl sites for hydroxylation is 1. The number of rotatable bonds is 2. The first kappa shape index (κ1) is 14.0. The Bertz CT molecular complexity index is 638. The van der Waals surface area contributed by atoms with Gasteiger partial charge in [-0.1, -0.05) is 86.5 Å². The lowest BCUT2D eigenvalue weighted by molar-refractivity contribution is 0.0930. The van der Waals surface area contributed by atoms with Crippen LogP contribution in [0.2, 0.25) is 0 Å². The lowest BCUT2D eigenvalue weighted by Crippen LogP contribution is -2.40. The molecule has 20 heavy (non-hydrogen) atoms. The predicted octanol–water partition coefficient (Wildman–Crippen LogP) is 5.09. The van der Waals surface area contributed by atoms with Crippen LogP contribution in [-0.4, -0.2) is 10.1 Å². The minimum absolute atomic E-state index is 0.0305. The van der Waals surface area contributed by atoms with Gasteiger partial charge in [0.15, 0.2) is 5.78 Å². The van der Waals surface area contributed by atoms with Gasteiger partial charge in [0, 0.05) is 5.56 Å². The SMILES string of the molecule is O=C1c2ccccc2CC[C@@]1(Br)[C@@H](Br)c1ccccc1. The second-order valence-electron chi connectivity index (χ2n) is 5.12. The summed E-state index contributed by atoms with van der Waals surface area (Å²) in [6.07, 6.45) is 1.72. The average Bonchev–Trinajstić information content (AvgIpc) is 2.51. The van der Waals surface area contributed by atoms with Crippen LogP contribution in [-0.2, 0) is 6.42 Å². The molecule has 0 heterocycles. The fraction of sp³-hybridized carbons (Fsp3) is 0.235. The minimum atomic E-state index is -0.567. The van der Waals surface area contributed by atoms with Crippen molar-refractivity contribution >= 4 is 37.6 Å².